The molecule has 0 aliphatic carbocycles. The average Bonchev–Trinajstić information content (AvgIpc) is 3.24. The molecule has 0 aliphatic rings. The van der Waals surface area contributed by atoms with Gasteiger partial charge in [-0.1, -0.05) is 192 Å². The number of carbonyl (C=O) groups is 3. The third-order valence-electron chi connectivity index (χ3n) is 11.3. The van der Waals surface area contributed by atoms with Crippen molar-refractivity contribution in [1.29, 1.82) is 0 Å². The Labute approximate surface area is 372 Å². The Bertz CT molecular complexity index is 1020. The molecule has 6 heteroatoms. The van der Waals surface area contributed by atoms with Gasteiger partial charge in [-0.3, -0.25) is 14.4 Å². The summed E-state index contributed by atoms with van der Waals surface area (Å²) in [4.78, 5) is 37.9. The molecule has 350 valence electrons. The molecule has 1 unspecified atom stereocenters. The molecule has 0 aromatic rings. The number of esters is 3. The SMILES string of the molecule is CCCCCC/C=C\CCCCCCCCCC(=O)OCC(COC(=O)CCCCC/C=C\CCCCCCCC)OC(=O)CCCCC/C=C\CCCCCCCCC. The first-order valence-corrected chi connectivity index (χ1v) is 26.0. The molecule has 0 spiro atoms. The van der Waals surface area contributed by atoms with Crippen molar-refractivity contribution in [2.75, 3.05) is 13.2 Å². The lowest BCUT2D eigenvalue weighted by Crippen LogP contribution is -2.30. The maximum Gasteiger partial charge on any atom is 0.306 e. The second-order valence-electron chi connectivity index (χ2n) is 17.4. The number of carbonyl (C=O) groups excluding carboxylic acids is 3. The first kappa shape index (κ1) is 57.6. The van der Waals surface area contributed by atoms with E-state index in [0.29, 0.717) is 19.3 Å². The van der Waals surface area contributed by atoms with Gasteiger partial charge in [0.05, 0.1) is 0 Å². The van der Waals surface area contributed by atoms with E-state index in [-0.39, 0.29) is 31.1 Å². The van der Waals surface area contributed by atoms with Crippen LogP contribution >= 0.6 is 0 Å². The summed E-state index contributed by atoms with van der Waals surface area (Å²) in [5.41, 5.74) is 0. The zero-order valence-corrected chi connectivity index (χ0v) is 40.0. The fraction of sp³-hybridized carbons (Fsp3) is 0.833. The van der Waals surface area contributed by atoms with Gasteiger partial charge >= 0.3 is 17.9 Å². The fourth-order valence-electron chi connectivity index (χ4n) is 7.37. The van der Waals surface area contributed by atoms with Crippen molar-refractivity contribution in [1.82, 2.24) is 0 Å². The maximum absolute atomic E-state index is 12.8. The number of allylic oxidation sites excluding steroid dienone is 6. The van der Waals surface area contributed by atoms with Crippen LogP contribution < -0.4 is 0 Å². The van der Waals surface area contributed by atoms with Crippen LogP contribution in [-0.4, -0.2) is 37.2 Å². The molecule has 60 heavy (non-hydrogen) atoms. The van der Waals surface area contributed by atoms with E-state index in [1.54, 1.807) is 0 Å². The largest absolute Gasteiger partial charge is 0.462 e. The highest BCUT2D eigenvalue weighted by Crippen LogP contribution is 2.14. The van der Waals surface area contributed by atoms with E-state index in [9.17, 15) is 14.4 Å². The van der Waals surface area contributed by atoms with Crippen molar-refractivity contribution in [3.8, 4) is 0 Å². The Balaban J connectivity index is 4.40. The van der Waals surface area contributed by atoms with Crippen LogP contribution in [0.1, 0.15) is 271 Å². The van der Waals surface area contributed by atoms with Crippen molar-refractivity contribution in [3.63, 3.8) is 0 Å². The van der Waals surface area contributed by atoms with Gasteiger partial charge in [0.25, 0.3) is 0 Å². The van der Waals surface area contributed by atoms with Gasteiger partial charge in [0.2, 0.25) is 0 Å². The molecule has 0 rings (SSSR count). The van der Waals surface area contributed by atoms with E-state index in [1.165, 1.54) is 148 Å². The van der Waals surface area contributed by atoms with E-state index < -0.39 is 6.10 Å². The second-order valence-corrected chi connectivity index (χ2v) is 17.4. The maximum atomic E-state index is 12.8. The lowest BCUT2D eigenvalue weighted by Gasteiger charge is -2.18. The average molecular weight is 843 g/mol. The Kier molecular flexibility index (Phi) is 47.3. The van der Waals surface area contributed by atoms with Crippen molar-refractivity contribution in [2.45, 2.75) is 277 Å². The predicted molar refractivity (Wildman–Crippen MR) is 256 cm³/mol. The van der Waals surface area contributed by atoms with Gasteiger partial charge in [-0.05, 0) is 96.3 Å². The molecule has 0 heterocycles. The standard InChI is InChI=1S/C54H98O6/c1-4-7-10-13-16-19-22-25-27-30-32-35-38-41-44-47-53(56)59-50-51(49-58-52(55)46-43-40-37-34-31-28-24-21-18-15-12-9-6-3)60-54(57)48-45-42-39-36-33-29-26-23-20-17-14-11-8-5-2/h19,22,28-29,31,33,51H,4-18,20-21,23-27,30,32,34-50H2,1-3H3/b22-19-,31-28-,33-29-. The molecule has 0 N–H and O–H groups in total. The van der Waals surface area contributed by atoms with Crippen molar-refractivity contribution in [2.24, 2.45) is 0 Å². The third-order valence-corrected chi connectivity index (χ3v) is 11.3. The Morgan fingerprint density at radius 1 is 0.317 bits per heavy atom. The Hall–Kier alpha value is -2.37. The normalized spacial score (nSPS) is 12.2. The van der Waals surface area contributed by atoms with Gasteiger partial charge in [-0.25, -0.2) is 0 Å². The number of hydrogen-bond donors (Lipinski definition) is 0. The summed E-state index contributed by atoms with van der Waals surface area (Å²) >= 11 is 0. The summed E-state index contributed by atoms with van der Waals surface area (Å²) in [6.45, 7) is 6.60. The lowest BCUT2D eigenvalue weighted by atomic mass is 10.1. The summed E-state index contributed by atoms with van der Waals surface area (Å²) < 4.78 is 16.8. The second kappa shape index (κ2) is 49.3. The van der Waals surface area contributed by atoms with E-state index in [1.807, 2.05) is 0 Å². The van der Waals surface area contributed by atoms with Crippen LogP contribution in [0.5, 0.6) is 0 Å². The molecule has 0 amide bonds. The minimum Gasteiger partial charge on any atom is -0.462 e. The summed E-state index contributed by atoms with van der Waals surface area (Å²) in [5, 5.41) is 0. The van der Waals surface area contributed by atoms with Crippen LogP contribution in [0.15, 0.2) is 36.5 Å². The highest BCUT2D eigenvalue weighted by Gasteiger charge is 2.19. The first-order chi connectivity index (χ1) is 29.5. The molecular formula is C54H98O6. The topological polar surface area (TPSA) is 78.9 Å². The van der Waals surface area contributed by atoms with Crippen LogP contribution in [0.4, 0.5) is 0 Å². The van der Waals surface area contributed by atoms with Gasteiger partial charge in [0, 0.05) is 19.3 Å². The monoisotopic (exact) mass is 843 g/mol. The fourth-order valence-corrected chi connectivity index (χ4v) is 7.37. The molecule has 0 fully saturated rings. The molecule has 0 aromatic heterocycles. The Morgan fingerprint density at radius 3 is 0.867 bits per heavy atom. The van der Waals surface area contributed by atoms with Crippen LogP contribution in [0.25, 0.3) is 0 Å². The van der Waals surface area contributed by atoms with Gasteiger partial charge in [-0.2, -0.15) is 0 Å². The van der Waals surface area contributed by atoms with Crippen molar-refractivity contribution < 1.29 is 28.6 Å². The molecule has 1 atom stereocenters. The summed E-state index contributed by atoms with van der Waals surface area (Å²) in [7, 11) is 0. The van der Waals surface area contributed by atoms with E-state index in [2.05, 4.69) is 57.2 Å². The Morgan fingerprint density at radius 2 is 0.550 bits per heavy atom. The molecule has 6 nitrogen and oxygen atoms in total. The summed E-state index contributed by atoms with van der Waals surface area (Å²) in [5.74, 6) is -0.912. The molecule has 0 aliphatic heterocycles. The summed E-state index contributed by atoms with van der Waals surface area (Å²) in [6.07, 6.45) is 57.0. The number of ether oxygens (including phenoxy) is 3. The molecule has 0 saturated heterocycles. The zero-order valence-electron chi connectivity index (χ0n) is 40.0. The molecule has 0 bridgehead atoms. The van der Waals surface area contributed by atoms with Gasteiger partial charge in [0.15, 0.2) is 6.10 Å². The molecule has 0 saturated carbocycles. The van der Waals surface area contributed by atoms with Crippen LogP contribution in [0.2, 0.25) is 0 Å². The van der Waals surface area contributed by atoms with Gasteiger partial charge in [0.1, 0.15) is 13.2 Å². The van der Waals surface area contributed by atoms with E-state index >= 15 is 0 Å². The number of rotatable bonds is 47. The number of unbranched alkanes of at least 4 members (excludes halogenated alkanes) is 30. The molecular weight excluding hydrogens is 745 g/mol. The summed E-state index contributed by atoms with van der Waals surface area (Å²) in [6, 6.07) is 0. The van der Waals surface area contributed by atoms with Crippen LogP contribution in [0, 0.1) is 0 Å². The van der Waals surface area contributed by atoms with Crippen molar-refractivity contribution >= 4 is 17.9 Å². The van der Waals surface area contributed by atoms with Gasteiger partial charge in [-0.15, -0.1) is 0 Å². The smallest absolute Gasteiger partial charge is 0.306 e. The quantitative estimate of drug-likeness (QED) is 0.0263. The minimum atomic E-state index is -0.785. The van der Waals surface area contributed by atoms with Crippen LogP contribution in [0.3, 0.4) is 0 Å². The lowest BCUT2D eigenvalue weighted by molar-refractivity contribution is -0.167. The molecule has 0 radical (unpaired) electrons. The van der Waals surface area contributed by atoms with E-state index in [4.69, 9.17) is 14.2 Å². The third kappa shape index (κ3) is 46.7. The van der Waals surface area contributed by atoms with Gasteiger partial charge < -0.3 is 14.2 Å². The number of hydrogen-bond acceptors (Lipinski definition) is 6. The zero-order chi connectivity index (χ0) is 43.7. The molecule has 0 aromatic carbocycles. The highest BCUT2D eigenvalue weighted by molar-refractivity contribution is 5.71. The van der Waals surface area contributed by atoms with Crippen LogP contribution in [-0.2, 0) is 28.6 Å². The minimum absolute atomic E-state index is 0.0837. The highest BCUT2D eigenvalue weighted by atomic mass is 16.6. The predicted octanol–water partition coefficient (Wildman–Crippen LogP) is 16.9. The first-order valence-electron chi connectivity index (χ1n) is 26.0. The van der Waals surface area contributed by atoms with Crippen molar-refractivity contribution in [3.05, 3.63) is 36.5 Å². The van der Waals surface area contributed by atoms with E-state index in [0.717, 1.165) is 83.5 Å².